The maximum atomic E-state index is 12.4. The van der Waals surface area contributed by atoms with E-state index in [4.69, 9.17) is 11.6 Å². The number of hydrogen-bond donors (Lipinski definition) is 1. The second-order valence-corrected chi connectivity index (χ2v) is 6.30. The molecule has 4 heteroatoms. The average molecular weight is 367 g/mol. The van der Waals surface area contributed by atoms with Crippen LogP contribution in [0.3, 0.4) is 0 Å². The lowest BCUT2D eigenvalue weighted by Crippen LogP contribution is -2.14. The van der Waals surface area contributed by atoms with E-state index in [-0.39, 0.29) is 5.91 Å². The molecule has 0 unspecified atom stereocenters. The number of carbonyl (C=O) groups excluding carboxylic acids is 1. The Morgan fingerprint density at radius 1 is 1.29 bits per heavy atom. The highest BCUT2D eigenvalue weighted by atomic mass is 79.9. The van der Waals surface area contributed by atoms with E-state index in [1.165, 1.54) is 0 Å². The van der Waals surface area contributed by atoms with Crippen LogP contribution >= 0.6 is 27.5 Å². The molecule has 0 spiro atoms. The highest BCUT2D eigenvalue weighted by molar-refractivity contribution is 9.10. The molecule has 0 aliphatic carbocycles. The SMILES string of the molecule is CC[C@H](C)c1ccccc1NC(=O)c1cc(Br)ccc1Cl. The molecular weight excluding hydrogens is 350 g/mol. The number of carbonyl (C=O) groups is 1. The van der Waals surface area contributed by atoms with Crippen LogP contribution in [0.15, 0.2) is 46.9 Å². The molecule has 2 aromatic rings. The molecule has 0 saturated heterocycles. The largest absolute Gasteiger partial charge is 0.322 e. The molecule has 0 aliphatic heterocycles. The zero-order valence-corrected chi connectivity index (χ0v) is 14.3. The summed E-state index contributed by atoms with van der Waals surface area (Å²) in [5, 5.41) is 3.41. The van der Waals surface area contributed by atoms with E-state index in [9.17, 15) is 4.79 Å². The van der Waals surface area contributed by atoms with E-state index in [2.05, 4.69) is 35.1 Å². The van der Waals surface area contributed by atoms with Gasteiger partial charge >= 0.3 is 0 Å². The minimum atomic E-state index is -0.197. The quantitative estimate of drug-likeness (QED) is 0.720. The molecule has 0 heterocycles. The molecule has 2 nitrogen and oxygen atoms in total. The molecular formula is C17H17BrClNO. The minimum absolute atomic E-state index is 0.197. The van der Waals surface area contributed by atoms with Gasteiger partial charge in [0, 0.05) is 10.2 Å². The van der Waals surface area contributed by atoms with E-state index in [0.29, 0.717) is 16.5 Å². The standard InChI is InChI=1S/C17H17BrClNO/c1-3-11(2)13-6-4-5-7-16(13)20-17(21)14-10-12(18)8-9-15(14)19/h4-11H,3H2,1-2H3,(H,20,21)/t11-/m0/s1. The van der Waals surface area contributed by atoms with Crippen molar-refractivity contribution in [3.63, 3.8) is 0 Å². The van der Waals surface area contributed by atoms with Crippen LogP contribution in [0.5, 0.6) is 0 Å². The number of anilines is 1. The lowest BCUT2D eigenvalue weighted by molar-refractivity contribution is 0.102. The molecule has 2 rings (SSSR count). The lowest BCUT2D eigenvalue weighted by atomic mass is 9.97. The molecule has 2 aromatic carbocycles. The maximum Gasteiger partial charge on any atom is 0.257 e. The number of rotatable bonds is 4. The van der Waals surface area contributed by atoms with Crippen molar-refractivity contribution in [1.82, 2.24) is 0 Å². The molecule has 1 atom stereocenters. The average Bonchev–Trinajstić information content (AvgIpc) is 2.49. The predicted molar refractivity (Wildman–Crippen MR) is 92.3 cm³/mol. The fraction of sp³-hybridized carbons (Fsp3) is 0.235. The third kappa shape index (κ3) is 3.86. The van der Waals surface area contributed by atoms with Gasteiger partial charge in [0.05, 0.1) is 10.6 Å². The summed E-state index contributed by atoms with van der Waals surface area (Å²) < 4.78 is 0.826. The summed E-state index contributed by atoms with van der Waals surface area (Å²) in [6.07, 6.45) is 1.02. The second-order valence-electron chi connectivity index (χ2n) is 4.97. The Balaban J connectivity index is 2.30. The van der Waals surface area contributed by atoms with E-state index in [0.717, 1.165) is 22.1 Å². The van der Waals surface area contributed by atoms with Crippen molar-refractivity contribution < 1.29 is 4.79 Å². The Bertz CT molecular complexity index is 657. The van der Waals surface area contributed by atoms with Gasteiger partial charge < -0.3 is 5.32 Å². The van der Waals surface area contributed by atoms with Crippen molar-refractivity contribution in [2.45, 2.75) is 26.2 Å². The summed E-state index contributed by atoms with van der Waals surface area (Å²) >= 11 is 9.47. The van der Waals surface area contributed by atoms with Crippen molar-refractivity contribution in [3.8, 4) is 0 Å². The smallest absolute Gasteiger partial charge is 0.257 e. The van der Waals surface area contributed by atoms with Crippen molar-refractivity contribution in [2.24, 2.45) is 0 Å². The van der Waals surface area contributed by atoms with Crippen LogP contribution in [-0.2, 0) is 0 Å². The van der Waals surface area contributed by atoms with E-state index in [1.807, 2.05) is 30.3 Å². The van der Waals surface area contributed by atoms with Gasteiger partial charge in [-0.1, -0.05) is 59.6 Å². The lowest BCUT2D eigenvalue weighted by Gasteiger charge is -2.16. The fourth-order valence-corrected chi connectivity index (χ4v) is 2.69. The Morgan fingerprint density at radius 3 is 2.71 bits per heavy atom. The third-order valence-electron chi connectivity index (χ3n) is 3.53. The van der Waals surface area contributed by atoms with Crippen LogP contribution < -0.4 is 5.32 Å². The number of nitrogens with one attached hydrogen (secondary N) is 1. The number of amides is 1. The van der Waals surface area contributed by atoms with Crippen LogP contribution in [0.4, 0.5) is 5.69 Å². The predicted octanol–water partition coefficient (Wildman–Crippen LogP) is 5.87. The van der Waals surface area contributed by atoms with E-state index >= 15 is 0 Å². The highest BCUT2D eigenvalue weighted by Gasteiger charge is 2.14. The monoisotopic (exact) mass is 365 g/mol. The molecule has 1 amide bonds. The first-order chi connectivity index (χ1) is 10.0. The summed E-state index contributed by atoms with van der Waals surface area (Å²) in [5.41, 5.74) is 2.44. The van der Waals surface area contributed by atoms with Gasteiger partial charge in [-0.2, -0.15) is 0 Å². The van der Waals surface area contributed by atoms with Gasteiger partial charge in [0.1, 0.15) is 0 Å². The zero-order valence-electron chi connectivity index (χ0n) is 12.0. The topological polar surface area (TPSA) is 29.1 Å². The molecule has 0 aromatic heterocycles. The molecule has 0 saturated carbocycles. The number of para-hydroxylation sites is 1. The number of halogens is 2. The van der Waals surface area contributed by atoms with Gasteiger partial charge in [-0.15, -0.1) is 0 Å². The number of benzene rings is 2. The number of hydrogen-bond acceptors (Lipinski definition) is 1. The van der Waals surface area contributed by atoms with Gasteiger partial charge in [0.2, 0.25) is 0 Å². The third-order valence-corrected chi connectivity index (χ3v) is 4.35. The second kappa shape index (κ2) is 7.10. The van der Waals surface area contributed by atoms with Gasteiger partial charge in [0.15, 0.2) is 0 Å². The first kappa shape index (κ1) is 16.1. The minimum Gasteiger partial charge on any atom is -0.322 e. The van der Waals surface area contributed by atoms with Gasteiger partial charge in [-0.25, -0.2) is 0 Å². The first-order valence-electron chi connectivity index (χ1n) is 6.88. The van der Waals surface area contributed by atoms with Crippen molar-refractivity contribution in [2.75, 3.05) is 5.32 Å². The summed E-state index contributed by atoms with van der Waals surface area (Å²) in [6, 6.07) is 13.1. The van der Waals surface area contributed by atoms with Crippen molar-refractivity contribution >= 4 is 39.1 Å². The van der Waals surface area contributed by atoms with Gasteiger partial charge in [-0.05, 0) is 42.2 Å². The Labute approximate surface area is 138 Å². The van der Waals surface area contributed by atoms with Crippen LogP contribution in [0.1, 0.15) is 42.1 Å². The molecule has 110 valence electrons. The van der Waals surface area contributed by atoms with Crippen LogP contribution in [0, 0.1) is 0 Å². The Hall–Kier alpha value is -1.32. The summed E-state index contributed by atoms with van der Waals surface area (Å²) in [4.78, 5) is 12.4. The molecule has 21 heavy (non-hydrogen) atoms. The normalized spacial score (nSPS) is 12.0. The first-order valence-corrected chi connectivity index (χ1v) is 8.05. The molecule has 0 fully saturated rings. The molecule has 1 N–H and O–H groups in total. The fourth-order valence-electron chi connectivity index (χ4n) is 2.12. The molecule has 0 radical (unpaired) electrons. The van der Waals surface area contributed by atoms with Gasteiger partial charge in [0.25, 0.3) is 5.91 Å². The highest BCUT2D eigenvalue weighted by Crippen LogP contribution is 2.28. The van der Waals surface area contributed by atoms with E-state index < -0.39 is 0 Å². The van der Waals surface area contributed by atoms with Gasteiger partial charge in [-0.3, -0.25) is 4.79 Å². The van der Waals surface area contributed by atoms with Crippen LogP contribution in [0.25, 0.3) is 0 Å². The summed E-state index contributed by atoms with van der Waals surface area (Å²) in [7, 11) is 0. The Morgan fingerprint density at radius 2 is 2.00 bits per heavy atom. The Kier molecular flexibility index (Phi) is 5.43. The molecule has 0 bridgehead atoms. The van der Waals surface area contributed by atoms with E-state index in [1.54, 1.807) is 12.1 Å². The van der Waals surface area contributed by atoms with Crippen LogP contribution in [0.2, 0.25) is 5.02 Å². The van der Waals surface area contributed by atoms with Crippen molar-refractivity contribution in [3.05, 3.63) is 63.1 Å². The molecule has 0 aliphatic rings. The van der Waals surface area contributed by atoms with Crippen molar-refractivity contribution in [1.29, 1.82) is 0 Å². The maximum absolute atomic E-state index is 12.4. The summed E-state index contributed by atoms with van der Waals surface area (Å²) in [6.45, 7) is 4.28. The summed E-state index contributed by atoms with van der Waals surface area (Å²) in [5.74, 6) is 0.191. The van der Waals surface area contributed by atoms with Crippen LogP contribution in [-0.4, -0.2) is 5.91 Å². The zero-order chi connectivity index (χ0) is 15.4.